The molecule has 0 amide bonds. The zero-order chi connectivity index (χ0) is 16.1. The van der Waals surface area contributed by atoms with Gasteiger partial charge in [-0.1, -0.05) is 72.5 Å². The SMILES string of the molecule is CC(=O)/C=C/c1ccc2ccccc2c1C#Cc1ccccc1. The predicted octanol–water partition coefficient (Wildman–Crippen LogP) is 4.84. The number of hydrogen-bond acceptors (Lipinski definition) is 1. The Morgan fingerprint density at radius 3 is 2.39 bits per heavy atom. The third kappa shape index (κ3) is 3.56. The summed E-state index contributed by atoms with van der Waals surface area (Å²) in [6.45, 7) is 1.55. The first-order valence-corrected chi connectivity index (χ1v) is 7.51. The predicted molar refractivity (Wildman–Crippen MR) is 96.1 cm³/mol. The van der Waals surface area contributed by atoms with Crippen molar-refractivity contribution >= 4 is 22.6 Å². The van der Waals surface area contributed by atoms with E-state index >= 15 is 0 Å². The second-order valence-electron chi connectivity index (χ2n) is 5.31. The van der Waals surface area contributed by atoms with Crippen LogP contribution in [0.4, 0.5) is 0 Å². The number of carbonyl (C=O) groups excluding carboxylic acids is 1. The minimum absolute atomic E-state index is 0.0279. The van der Waals surface area contributed by atoms with Crippen LogP contribution in [0.25, 0.3) is 16.8 Å². The van der Waals surface area contributed by atoms with Crippen molar-refractivity contribution in [3.8, 4) is 11.8 Å². The average Bonchev–Trinajstić information content (AvgIpc) is 2.59. The minimum atomic E-state index is 0.0279. The standard InChI is InChI=1S/C22H16O/c1-17(23)11-13-20-15-14-19-9-5-6-10-21(19)22(20)16-12-18-7-3-2-4-8-18/h2-11,13-15H,1H3/b13-11+. The molecule has 0 saturated carbocycles. The summed E-state index contributed by atoms with van der Waals surface area (Å²) in [7, 11) is 0. The molecular formula is C22H16O. The average molecular weight is 296 g/mol. The fourth-order valence-corrected chi connectivity index (χ4v) is 2.43. The van der Waals surface area contributed by atoms with E-state index in [0.717, 1.165) is 27.5 Å². The maximum atomic E-state index is 11.2. The van der Waals surface area contributed by atoms with E-state index in [4.69, 9.17) is 0 Å². The van der Waals surface area contributed by atoms with Crippen molar-refractivity contribution in [2.75, 3.05) is 0 Å². The molecule has 0 aliphatic rings. The van der Waals surface area contributed by atoms with Crippen molar-refractivity contribution in [3.05, 3.63) is 89.5 Å². The molecule has 0 heterocycles. The van der Waals surface area contributed by atoms with Crippen molar-refractivity contribution in [1.29, 1.82) is 0 Å². The minimum Gasteiger partial charge on any atom is -0.295 e. The fraction of sp³-hybridized carbons (Fsp3) is 0.0455. The number of fused-ring (bicyclic) bond motifs is 1. The number of allylic oxidation sites excluding steroid dienone is 1. The van der Waals surface area contributed by atoms with Crippen LogP contribution in [-0.4, -0.2) is 5.78 Å². The highest BCUT2D eigenvalue weighted by Crippen LogP contribution is 2.23. The quantitative estimate of drug-likeness (QED) is 0.488. The lowest BCUT2D eigenvalue weighted by molar-refractivity contribution is -0.112. The summed E-state index contributed by atoms with van der Waals surface area (Å²) in [6, 6.07) is 22.1. The maximum absolute atomic E-state index is 11.2. The van der Waals surface area contributed by atoms with Crippen LogP contribution >= 0.6 is 0 Å². The number of ketones is 1. The molecule has 0 saturated heterocycles. The molecule has 0 unspecified atom stereocenters. The molecule has 3 aromatic rings. The van der Waals surface area contributed by atoms with Gasteiger partial charge >= 0.3 is 0 Å². The van der Waals surface area contributed by atoms with E-state index < -0.39 is 0 Å². The highest BCUT2D eigenvalue weighted by molar-refractivity contribution is 5.95. The van der Waals surface area contributed by atoms with Crippen molar-refractivity contribution < 1.29 is 4.79 Å². The Kier molecular flexibility index (Phi) is 4.36. The van der Waals surface area contributed by atoms with Gasteiger partial charge in [0.25, 0.3) is 0 Å². The largest absolute Gasteiger partial charge is 0.295 e. The molecule has 1 nitrogen and oxygen atoms in total. The molecule has 0 aliphatic carbocycles. The monoisotopic (exact) mass is 296 g/mol. The topological polar surface area (TPSA) is 17.1 Å². The van der Waals surface area contributed by atoms with E-state index in [1.807, 2.05) is 54.6 Å². The first-order valence-electron chi connectivity index (χ1n) is 7.51. The lowest BCUT2D eigenvalue weighted by atomic mass is 9.98. The summed E-state index contributed by atoms with van der Waals surface area (Å²) in [6.07, 6.45) is 3.42. The molecule has 0 bridgehead atoms. The molecule has 110 valence electrons. The van der Waals surface area contributed by atoms with E-state index in [0.29, 0.717) is 0 Å². The van der Waals surface area contributed by atoms with Gasteiger partial charge in [0, 0.05) is 11.1 Å². The molecule has 3 aromatic carbocycles. The van der Waals surface area contributed by atoms with Crippen molar-refractivity contribution in [2.24, 2.45) is 0 Å². The number of benzene rings is 3. The van der Waals surface area contributed by atoms with Gasteiger partial charge in [-0.05, 0) is 41.5 Å². The van der Waals surface area contributed by atoms with E-state index in [9.17, 15) is 4.79 Å². The normalized spacial score (nSPS) is 10.5. The van der Waals surface area contributed by atoms with Gasteiger partial charge in [0.05, 0.1) is 0 Å². The Hall–Kier alpha value is -3.11. The highest BCUT2D eigenvalue weighted by Gasteiger charge is 2.03. The lowest BCUT2D eigenvalue weighted by Gasteiger charge is -2.05. The van der Waals surface area contributed by atoms with Crippen LogP contribution in [0.2, 0.25) is 0 Å². The molecule has 0 radical (unpaired) electrons. The summed E-state index contributed by atoms with van der Waals surface area (Å²) >= 11 is 0. The van der Waals surface area contributed by atoms with E-state index in [2.05, 4.69) is 30.0 Å². The zero-order valence-corrected chi connectivity index (χ0v) is 12.9. The van der Waals surface area contributed by atoms with E-state index in [1.165, 1.54) is 0 Å². The Morgan fingerprint density at radius 1 is 0.870 bits per heavy atom. The zero-order valence-electron chi connectivity index (χ0n) is 12.9. The van der Waals surface area contributed by atoms with Crippen LogP contribution in [0.15, 0.2) is 72.8 Å². The van der Waals surface area contributed by atoms with Crippen LogP contribution in [0.3, 0.4) is 0 Å². The van der Waals surface area contributed by atoms with Gasteiger partial charge in [0.15, 0.2) is 5.78 Å². The molecule has 23 heavy (non-hydrogen) atoms. The molecule has 0 spiro atoms. The Balaban J connectivity index is 2.17. The molecule has 0 aliphatic heterocycles. The molecule has 0 N–H and O–H groups in total. The first kappa shape index (κ1) is 14.8. The van der Waals surface area contributed by atoms with Gasteiger partial charge in [-0.2, -0.15) is 0 Å². The van der Waals surface area contributed by atoms with Crippen LogP contribution < -0.4 is 0 Å². The lowest BCUT2D eigenvalue weighted by Crippen LogP contribution is -1.88. The Labute approximate surface area is 136 Å². The fourth-order valence-electron chi connectivity index (χ4n) is 2.43. The van der Waals surface area contributed by atoms with E-state index in [1.54, 1.807) is 13.0 Å². The molecular weight excluding hydrogens is 280 g/mol. The smallest absolute Gasteiger partial charge is 0.152 e. The highest BCUT2D eigenvalue weighted by atomic mass is 16.1. The molecule has 0 fully saturated rings. The van der Waals surface area contributed by atoms with Crippen molar-refractivity contribution in [1.82, 2.24) is 0 Å². The number of rotatable bonds is 2. The van der Waals surface area contributed by atoms with Crippen molar-refractivity contribution in [3.63, 3.8) is 0 Å². The van der Waals surface area contributed by atoms with Gasteiger partial charge in [-0.25, -0.2) is 0 Å². The van der Waals surface area contributed by atoms with Crippen molar-refractivity contribution in [2.45, 2.75) is 6.92 Å². The maximum Gasteiger partial charge on any atom is 0.152 e. The van der Waals surface area contributed by atoms with E-state index in [-0.39, 0.29) is 5.78 Å². The van der Waals surface area contributed by atoms with Crippen LogP contribution in [0.1, 0.15) is 23.6 Å². The number of hydrogen-bond donors (Lipinski definition) is 0. The molecule has 0 atom stereocenters. The van der Waals surface area contributed by atoms with Crippen LogP contribution in [0.5, 0.6) is 0 Å². The summed E-state index contributed by atoms with van der Waals surface area (Å²) in [5, 5.41) is 2.24. The van der Waals surface area contributed by atoms with Gasteiger partial charge in [-0.3, -0.25) is 4.79 Å². The van der Waals surface area contributed by atoms with Gasteiger partial charge in [-0.15, -0.1) is 0 Å². The Morgan fingerprint density at radius 2 is 1.61 bits per heavy atom. The third-order valence-electron chi connectivity index (χ3n) is 3.56. The van der Waals surface area contributed by atoms with Gasteiger partial charge in [0.1, 0.15) is 0 Å². The second kappa shape index (κ2) is 6.77. The Bertz CT molecular complexity index is 938. The van der Waals surface area contributed by atoms with Crippen LogP contribution in [0, 0.1) is 11.8 Å². The molecule has 1 heteroatoms. The third-order valence-corrected chi connectivity index (χ3v) is 3.56. The molecule has 0 aromatic heterocycles. The van der Waals surface area contributed by atoms with Crippen LogP contribution in [-0.2, 0) is 4.79 Å². The summed E-state index contributed by atoms with van der Waals surface area (Å²) in [5.41, 5.74) is 2.88. The molecule has 3 rings (SSSR count). The second-order valence-corrected chi connectivity index (χ2v) is 5.31. The van der Waals surface area contributed by atoms with Gasteiger partial charge < -0.3 is 0 Å². The first-order chi connectivity index (χ1) is 11.2. The van der Waals surface area contributed by atoms with Gasteiger partial charge in [0.2, 0.25) is 0 Å². The summed E-state index contributed by atoms with van der Waals surface area (Å²) in [5.74, 6) is 6.52. The summed E-state index contributed by atoms with van der Waals surface area (Å²) in [4.78, 5) is 11.2. The number of carbonyl (C=O) groups is 1. The summed E-state index contributed by atoms with van der Waals surface area (Å²) < 4.78 is 0.